The Morgan fingerprint density at radius 2 is 1.96 bits per heavy atom. The number of carbonyl (C=O) groups is 2. The number of rotatable bonds is 2. The largest absolute Gasteiger partial charge is 0.482 e. The number of alkyl halides is 3. The number of nitrogens with one attached hydrogen (secondary N) is 2. The highest BCUT2D eigenvalue weighted by Crippen LogP contribution is 2.34. The maximum atomic E-state index is 12.8. The van der Waals surface area contributed by atoms with Crippen LogP contribution in [0.25, 0.3) is 0 Å². The standard InChI is InChI=1S/C16H10ClF3N2O3/c17-10-3-2-9(16(18,19)20)6-11(10)22-15(24)8-1-4-13-12(5-8)21-14(23)7-25-13/h1-6H,7H2,(H,21,23)(H,22,24). The van der Waals surface area contributed by atoms with Crippen molar-refractivity contribution < 1.29 is 27.5 Å². The highest BCUT2D eigenvalue weighted by molar-refractivity contribution is 6.34. The lowest BCUT2D eigenvalue weighted by Gasteiger charge is -2.18. The third-order valence-corrected chi connectivity index (χ3v) is 3.75. The minimum atomic E-state index is -4.56. The number of anilines is 2. The predicted molar refractivity (Wildman–Crippen MR) is 85.0 cm³/mol. The Bertz CT molecular complexity index is 868. The molecule has 130 valence electrons. The second-order valence-electron chi connectivity index (χ2n) is 5.19. The third kappa shape index (κ3) is 3.69. The van der Waals surface area contributed by atoms with E-state index < -0.39 is 17.6 Å². The fourth-order valence-electron chi connectivity index (χ4n) is 2.22. The van der Waals surface area contributed by atoms with Crippen LogP contribution in [0.3, 0.4) is 0 Å². The Morgan fingerprint density at radius 3 is 2.68 bits per heavy atom. The number of benzene rings is 2. The fourth-order valence-corrected chi connectivity index (χ4v) is 2.38. The molecule has 2 N–H and O–H groups in total. The van der Waals surface area contributed by atoms with Gasteiger partial charge in [-0.05, 0) is 36.4 Å². The van der Waals surface area contributed by atoms with Crippen LogP contribution in [0.1, 0.15) is 15.9 Å². The first-order valence-corrected chi connectivity index (χ1v) is 7.36. The molecule has 2 amide bonds. The van der Waals surface area contributed by atoms with Crippen LogP contribution < -0.4 is 15.4 Å². The highest BCUT2D eigenvalue weighted by Gasteiger charge is 2.31. The van der Waals surface area contributed by atoms with E-state index in [2.05, 4.69) is 10.6 Å². The molecule has 0 saturated carbocycles. The molecule has 0 unspecified atom stereocenters. The van der Waals surface area contributed by atoms with Gasteiger partial charge in [-0.1, -0.05) is 11.6 Å². The van der Waals surface area contributed by atoms with Gasteiger partial charge in [-0.2, -0.15) is 13.2 Å². The number of ether oxygens (including phenoxy) is 1. The van der Waals surface area contributed by atoms with E-state index in [4.69, 9.17) is 16.3 Å². The Hall–Kier alpha value is -2.74. The third-order valence-electron chi connectivity index (χ3n) is 3.42. The maximum Gasteiger partial charge on any atom is 0.416 e. The molecule has 9 heteroatoms. The molecular weight excluding hydrogens is 361 g/mol. The van der Waals surface area contributed by atoms with E-state index >= 15 is 0 Å². The monoisotopic (exact) mass is 370 g/mol. The zero-order valence-electron chi connectivity index (χ0n) is 12.4. The fraction of sp³-hybridized carbons (Fsp3) is 0.125. The molecule has 2 aromatic carbocycles. The topological polar surface area (TPSA) is 67.4 Å². The van der Waals surface area contributed by atoms with E-state index in [1.165, 1.54) is 18.2 Å². The summed E-state index contributed by atoms with van der Waals surface area (Å²) in [4.78, 5) is 23.6. The van der Waals surface area contributed by atoms with Crippen molar-refractivity contribution in [1.82, 2.24) is 0 Å². The zero-order valence-corrected chi connectivity index (χ0v) is 13.2. The van der Waals surface area contributed by atoms with E-state index in [9.17, 15) is 22.8 Å². The zero-order chi connectivity index (χ0) is 18.2. The second-order valence-corrected chi connectivity index (χ2v) is 5.60. The number of hydrogen-bond donors (Lipinski definition) is 2. The van der Waals surface area contributed by atoms with Gasteiger partial charge in [0.05, 0.1) is 22.0 Å². The van der Waals surface area contributed by atoms with Crippen molar-refractivity contribution >= 4 is 34.8 Å². The van der Waals surface area contributed by atoms with Crippen LogP contribution in [0.5, 0.6) is 5.75 Å². The minimum Gasteiger partial charge on any atom is -0.482 e. The Balaban J connectivity index is 1.86. The summed E-state index contributed by atoms with van der Waals surface area (Å²) in [5, 5.41) is 4.84. The number of amides is 2. The molecule has 0 aromatic heterocycles. The van der Waals surface area contributed by atoms with E-state index in [1.54, 1.807) is 0 Å². The van der Waals surface area contributed by atoms with Crippen molar-refractivity contribution in [3.05, 3.63) is 52.5 Å². The lowest BCUT2D eigenvalue weighted by molar-refractivity contribution is -0.137. The molecule has 0 saturated heterocycles. The van der Waals surface area contributed by atoms with Crippen molar-refractivity contribution in [2.45, 2.75) is 6.18 Å². The van der Waals surface area contributed by atoms with Gasteiger partial charge in [0.1, 0.15) is 5.75 Å². The molecular formula is C16H10ClF3N2O3. The minimum absolute atomic E-state index is 0.0315. The Kier molecular flexibility index (Phi) is 4.30. The van der Waals surface area contributed by atoms with Crippen LogP contribution in [0.15, 0.2) is 36.4 Å². The first-order valence-electron chi connectivity index (χ1n) is 6.99. The van der Waals surface area contributed by atoms with Crippen LogP contribution in [-0.2, 0) is 11.0 Å². The molecule has 0 aliphatic carbocycles. The van der Waals surface area contributed by atoms with Gasteiger partial charge < -0.3 is 15.4 Å². The number of hydrogen-bond acceptors (Lipinski definition) is 3. The van der Waals surface area contributed by atoms with E-state index in [1.807, 2.05) is 0 Å². The lowest BCUT2D eigenvalue weighted by atomic mass is 10.1. The average Bonchev–Trinajstić information content (AvgIpc) is 2.55. The SMILES string of the molecule is O=C1COc2ccc(C(=O)Nc3cc(C(F)(F)F)ccc3Cl)cc2N1. The van der Waals surface area contributed by atoms with E-state index in [0.717, 1.165) is 18.2 Å². The van der Waals surface area contributed by atoms with Crippen LogP contribution in [0.4, 0.5) is 24.5 Å². The molecule has 25 heavy (non-hydrogen) atoms. The van der Waals surface area contributed by atoms with Crippen LogP contribution in [-0.4, -0.2) is 18.4 Å². The molecule has 1 aliphatic rings. The second kappa shape index (κ2) is 6.29. The summed E-state index contributed by atoms with van der Waals surface area (Å²) in [7, 11) is 0. The molecule has 0 radical (unpaired) electrons. The van der Waals surface area contributed by atoms with E-state index in [0.29, 0.717) is 11.4 Å². The molecule has 3 rings (SSSR count). The van der Waals surface area contributed by atoms with Crippen molar-refractivity contribution in [3.63, 3.8) is 0 Å². The summed E-state index contributed by atoms with van der Waals surface area (Å²) >= 11 is 5.85. The predicted octanol–water partition coefficient (Wildman–Crippen LogP) is 3.94. The van der Waals surface area contributed by atoms with Gasteiger partial charge in [0.25, 0.3) is 11.8 Å². The highest BCUT2D eigenvalue weighted by atomic mass is 35.5. The maximum absolute atomic E-state index is 12.8. The first kappa shape index (κ1) is 17.1. The quantitative estimate of drug-likeness (QED) is 0.841. The smallest absolute Gasteiger partial charge is 0.416 e. The van der Waals surface area contributed by atoms with Crippen LogP contribution in [0.2, 0.25) is 5.02 Å². The van der Waals surface area contributed by atoms with Crippen molar-refractivity contribution in [2.24, 2.45) is 0 Å². The normalized spacial score (nSPS) is 13.5. The van der Waals surface area contributed by atoms with Gasteiger partial charge >= 0.3 is 6.18 Å². The number of carbonyl (C=O) groups excluding carboxylic acids is 2. The van der Waals surface area contributed by atoms with Gasteiger partial charge in [0, 0.05) is 5.56 Å². The number of fused-ring (bicyclic) bond motifs is 1. The lowest BCUT2D eigenvalue weighted by Crippen LogP contribution is -2.25. The summed E-state index contributed by atoms with van der Waals surface area (Å²) in [6, 6.07) is 6.90. The summed E-state index contributed by atoms with van der Waals surface area (Å²) in [6.45, 7) is -0.127. The Labute approximate surface area is 144 Å². The molecule has 0 bridgehead atoms. The number of halogens is 4. The molecule has 2 aromatic rings. The van der Waals surface area contributed by atoms with Crippen LogP contribution in [0, 0.1) is 0 Å². The van der Waals surface area contributed by atoms with Gasteiger partial charge in [-0.3, -0.25) is 9.59 Å². The molecule has 0 fully saturated rings. The molecule has 0 atom stereocenters. The van der Waals surface area contributed by atoms with Crippen molar-refractivity contribution in [3.8, 4) is 5.75 Å². The molecule has 5 nitrogen and oxygen atoms in total. The molecule has 1 heterocycles. The van der Waals surface area contributed by atoms with E-state index in [-0.39, 0.29) is 28.8 Å². The average molecular weight is 371 g/mol. The van der Waals surface area contributed by atoms with Gasteiger partial charge in [-0.15, -0.1) is 0 Å². The van der Waals surface area contributed by atoms with Crippen LogP contribution >= 0.6 is 11.6 Å². The van der Waals surface area contributed by atoms with Gasteiger partial charge in [0.2, 0.25) is 0 Å². The Morgan fingerprint density at radius 1 is 1.20 bits per heavy atom. The summed E-state index contributed by atoms with van der Waals surface area (Å²) in [5.41, 5.74) is -0.671. The first-order chi connectivity index (χ1) is 11.7. The van der Waals surface area contributed by atoms with Crippen molar-refractivity contribution in [1.29, 1.82) is 0 Å². The molecule has 0 spiro atoms. The van der Waals surface area contributed by atoms with Gasteiger partial charge in [-0.25, -0.2) is 0 Å². The van der Waals surface area contributed by atoms with Crippen molar-refractivity contribution in [2.75, 3.05) is 17.2 Å². The van der Waals surface area contributed by atoms with Gasteiger partial charge in [0.15, 0.2) is 6.61 Å². The summed E-state index contributed by atoms with van der Waals surface area (Å²) < 4.78 is 43.5. The summed E-state index contributed by atoms with van der Waals surface area (Å²) in [5.74, 6) is -0.650. The summed E-state index contributed by atoms with van der Waals surface area (Å²) in [6.07, 6.45) is -4.56. The molecule has 1 aliphatic heterocycles.